The van der Waals surface area contributed by atoms with Gasteiger partial charge in [0.25, 0.3) is 15.9 Å². The van der Waals surface area contributed by atoms with E-state index in [1.807, 2.05) is 35.2 Å². The largest absolute Gasteiger partial charge is 0.485 e. The Bertz CT molecular complexity index is 2070. The highest BCUT2D eigenvalue weighted by Gasteiger charge is 2.62. The fourth-order valence-corrected chi connectivity index (χ4v) is 8.13. The van der Waals surface area contributed by atoms with Crippen molar-refractivity contribution >= 4 is 27.6 Å². The van der Waals surface area contributed by atoms with Gasteiger partial charge in [-0.05, 0) is 94.5 Å². The molecule has 1 amide bonds. The van der Waals surface area contributed by atoms with Gasteiger partial charge in [0.1, 0.15) is 12.4 Å². The lowest BCUT2D eigenvalue weighted by atomic mass is 9.93. The van der Waals surface area contributed by atoms with Crippen LogP contribution in [-0.2, 0) is 16.6 Å². The van der Waals surface area contributed by atoms with Gasteiger partial charge in [0.05, 0.1) is 17.6 Å². The van der Waals surface area contributed by atoms with E-state index in [2.05, 4.69) is 34.0 Å². The quantitative estimate of drug-likeness (QED) is 0.178. The molecular weight excluding hydrogens is 712 g/mol. The number of nitrogens with one attached hydrogen (secondary N) is 2. The molecule has 3 aliphatic rings. The molecule has 53 heavy (non-hydrogen) atoms. The van der Waals surface area contributed by atoms with Crippen LogP contribution in [0.25, 0.3) is 5.82 Å². The standard InChI is InChI=1S/C37H42F3N7O5S/c1-35(2)22-26-10-6-19-41-32-28(52-24-25-8-4-3-5-9-25)12-14-31(43-32)53(49,50)45-34(48)27-11-13-29(42-33(27)46(35)23-26)47-20-15-30(44-47)51-21-7-16-36(17-18-36)37(38,39)40/h3-5,8-9,11-15,20,26H,6-7,10,16-19,21-24H2,1-2H3,(H,41,43)(H,45,48)/t26-/m0/s1. The second-order valence-corrected chi connectivity index (χ2v) is 16.3. The van der Waals surface area contributed by atoms with E-state index >= 15 is 0 Å². The van der Waals surface area contributed by atoms with Gasteiger partial charge in [0, 0.05) is 30.9 Å². The molecule has 12 nitrogen and oxygen atoms in total. The Balaban J connectivity index is 1.13. The molecule has 1 aromatic carbocycles. The van der Waals surface area contributed by atoms with Gasteiger partial charge >= 0.3 is 6.18 Å². The fourth-order valence-electron chi connectivity index (χ4n) is 7.21. The molecule has 1 saturated carbocycles. The molecule has 5 heterocycles. The number of pyridine rings is 2. The van der Waals surface area contributed by atoms with E-state index in [9.17, 15) is 26.4 Å². The van der Waals surface area contributed by atoms with Crippen molar-refractivity contribution in [3.63, 3.8) is 0 Å². The molecule has 0 unspecified atom stereocenters. The van der Waals surface area contributed by atoms with E-state index in [0.717, 1.165) is 24.8 Å². The average Bonchev–Trinajstić information content (AvgIpc) is 3.67. The summed E-state index contributed by atoms with van der Waals surface area (Å²) >= 11 is 0. The topological polar surface area (TPSA) is 141 Å². The Morgan fingerprint density at radius 2 is 1.79 bits per heavy atom. The maximum absolute atomic E-state index is 13.9. The number of rotatable bonds is 9. The highest BCUT2D eigenvalue weighted by atomic mass is 32.2. The van der Waals surface area contributed by atoms with Crippen molar-refractivity contribution in [2.75, 3.05) is 29.9 Å². The van der Waals surface area contributed by atoms with Crippen LogP contribution in [0.15, 0.2) is 71.9 Å². The number of ether oxygens (including phenoxy) is 2. The van der Waals surface area contributed by atoms with Gasteiger partial charge in [-0.2, -0.15) is 21.6 Å². The van der Waals surface area contributed by atoms with Crippen LogP contribution in [0.5, 0.6) is 11.6 Å². The number of hydrogen-bond donors (Lipinski definition) is 2. The summed E-state index contributed by atoms with van der Waals surface area (Å²) in [5.41, 5.74) is -1.01. The van der Waals surface area contributed by atoms with Crippen molar-refractivity contribution in [1.29, 1.82) is 0 Å². The monoisotopic (exact) mass is 753 g/mol. The molecule has 4 bridgehead atoms. The number of benzene rings is 1. The number of fused-ring (bicyclic) bond motifs is 6. The van der Waals surface area contributed by atoms with E-state index in [0.29, 0.717) is 30.5 Å². The Hall–Kier alpha value is -4.86. The molecule has 282 valence electrons. The molecule has 2 fully saturated rings. The van der Waals surface area contributed by atoms with Crippen LogP contribution in [-0.4, -0.2) is 65.5 Å². The second kappa shape index (κ2) is 14.2. The molecule has 2 aliphatic heterocycles. The summed E-state index contributed by atoms with van der Waals surface area (Å²) in [6.45, 7) is 5.58. The first-order chi connectivity index (χ1) is 25.2. The van der Waals surface area contributed by atoms with Crippen molar-refractivity contribution in [2.45, 2.75) is 82.1 Å². The number of aromatic nitrogens is 4. The minimum absolute atomic E-state index is 0.0101. The summed E-state index contributed by atoms with van der Waals surface area (Å²) in [5.74, 6) is 0.913. The number of carbonyl (C=O) groups is 1. The summed E-state index contributed by atoms with van der Waals surface area (Å²) in [6, 6.07) is 17.1. The third-order valence-electron chi connectivity index (χ3n) is 10.3. The van der Waals surface area contributed by atoms with Crippen LogP contribution in [0.1, 0.15) is 74.7 Å². The van der Waals surface area contributed by atoms with Crippen LogP contribution in [0.4, 0.5) is 24.8 Å². The molecule has 4 aromatic rings. The lowest BCUT2D eigenvalue weighted by Gasteiger charge is -2.34. The highest BCUT2D eigenvalue weighted by molar-refractivity contribution is 7.90. The summed E-state index contributed by atoms with van der Waals surface area (Å²) in [6.07, 6.45) is 0.411. The van der Waals surface area contributed by atoms with Crippen LogP contribution >= 0.6 is 0 Å². The average molecular weight is 754 g/mol. The molecule has 0 spiro atoms. The maximum atomic E-state index is 13.9. The van der Waals surface area contributed by atoms with Crippen LogP contribution in [0.3, 0.4) is 0 Å². The minimum atomic E-state index is -4.43. The Morgan fingerprint density at radius 1 is 1.00 bits per heavy atom. The lowest BCUT2D eigenvalue weighted by Crippen LogP contribution is -2.41. The number of hydrogen-bond acceptors (Lipinski definition) is 10. The van der Waals surface area contributed by atoms with Crippen molar-refractivity contribution in [2.24, 2.45) is 11.3 Å². The summed E-state index contributed by atoms with van der Waals surface area (Å²) in [7, 11) is -4.43. The van der Waals surface area contributed by atoms with Crippen molar-refractivity contribution in [1.82, 2.24) is 24.5 Å². The first-order valence-corrected chi connectivity index (χ1v) is 19.2. The fraction of sp³-hybridized carbons (Fsp3) is 0.459. The minimum Gasteiger partial charge on any atom is -0.485 e. The molecule has 0 radical (unpaired) electrons. The van der Waals surface area contributed by atoms with Crippen LogP contribution < -0.4 is 24.4 Å². The number of anilines is 2. The van der Waals surface area contributed by atoms with Gasteiger partial charge in [-0.25, -0.2) is 19.4 Å². The molecule has 1 atom stereocenters. The van der Waals surface area contributed by atoms with Crippen molar-refractivity contribution in [3.8, 4) is 17.4 Å². The third kappa shape index (κ3) is 7.92. The Kier molecular flexibility index (Phi) is 9.76. The summed E-state index contributed by atoms with van der Waals surface area (Å²) in [4.78, 5) is 25.1. The predicted molar refractivity (Wildman–Crippen MR) is 191 cm³/mol. The SMILES string of the molecule is CC1(C)C[C@@H]2CCCNc3nc(ccc3OCc3ccccc3)S(=O)(=O)NC(=O)c3ccc(-n4ccc(OCCCC5(C(F)(F)F)CC5)n4)nc3N1C2. The zero-order valence-corrected chi connectivity index (χ0v) is 30.3. The molecule has 2 N–H and O–H groups in total. The zero-order chi connectivity index (χ0) is 37.4. The number of alkyl halides is 3. The number of nitrogens with zero attached hydrogens (tertiary/aromatic N) is 5. The molecule has 16 heteroatoms. The van der Waals surface area contributed by atoms with Crippen LogP contribution in [0.2, 0.25) is 0 Å². The van der Waals surface area contributed by atoms with Gasteiger partial charge in [-0.3, -0.25) is 4.79 Å². The van der Waals surface area contributed by atoms with E-state index in [-0.39, 0.29) is 67.1 Å². The predicted octanol–water partition coefficient (Wildman–Crippen LogP) is 6.67. The third-order valence-corrected chi connectivity index (χ3v) is 11.5. The Labute approximate surface area is 306 Å². The van der Waals surface area contributed by atoms with E-state index in [1.54, 1.807) is 18.3 Å². The first kappa shape index (κ1) is 36.5. The normalized spacial score (nSPS) is 20.3. The van der Waals surface area contributed by atoms with Gasteiger partial charge < -0.3 is 19.7 Å². The van der Waals surface area contributed by atoms with Crippen molar-refractivity contribution < 1.29 is 35.9 Å². The van der Waals surface area contributed by atoms with Gasteiger partial charge in [-0.15, -0.1) is 5.10 Å². The molecular formula is C37H42F3N7O5S. The van der Waals surface area contributed by atoms with Gasteiger partial charge in [0.2, 0.25) is 5.88 Å². The summed E-state index contributed by atoms with van der Waals surface area (Å²) < 4.78 is 82.5. The van der Waals surface area contributed by atoms with Gasteiger partial charge in [0.15, 0.2) is 22.4 Å². The van der Waals surface area contributed by atoms with Crippen LogP contribution in [0, 0.1) is 11.3 Å². The number of amides is 1. The van der Waals surface area contributed by atoms with Gasteiger partial charge in [-0.1, -0.05) is 30.3 Å². The molecule has 1 aliphatic carbocycles. The number of halogens is 3. The van der Waals surface area contributed by atoms with E-state index in [1.165, 1.54) is 22.9 Å². The second-order valence-electron chi connectivity index (χ2n) is 14.6. The molecule has 1 saturated heterocycles. The first-order valence-electron chi connectivity index (χ1n) is 17.8. The Morgan fingerprint density at radius 3 is 2.55 bits per heavy atom. The van der Waals surface area contributed by atoms with Crippen molar-refractivity contribution in [3.05, 3.63) is 78.0 Å². The number of sulfonamides is 1. The highest BCUT2D eigenvalue weighted by Crippen LogP contribution is 2.60. The smallest absolute Gasteiger partial charge is 0.394 e. The van der Waals surface area contributed by atoms with E-state index in [4.69, 9.17) is 14.5 Å². The lowest BCUT2D eigenvalue weighted by molar-refractivity contribution is -0.189. The molecule has 7 rings (SSSR count). The molecule has 3 aromatic heterocycles. The zero-order valence-electron chi connectivity index (χ0n) is 29.5. The number of carbonyl (C=O) groups excluding carboxylic acids is 1. The summed E-state index contributed by atoms with van der Waals surface area (Å²) in [5, 5.41) is 7.33. The van der Waals surface area contributed by atoms with E-state index < -0.39 is 33.1 Å². The maximum Gasteiger partial charge on any atom is 0.394 e.